The molecule has 3 aromatic rings. The highest BCUT2D eigenvalue weighted by molar-refractivity contribution is 6.36. The molecule has 2 N–H and O–H groups in total. The molecule has 8 nitrogen and oxygen atoms in total. The quantitative estimate of drug-likeness (QED) is 0.462. The Morgan fingerprint density at radius 3 is 2.43 bits per heavy atom. The number of nitrogens with zero attached hydrogens (tertiary/aromatic N) is 3. The van der Waals surface area contributed by atoms with Gasteiger partial charge in [-0.1, -0.05) is 23.2 Å². The Kier molecular flexibility index (Phi) is 7.57. The maximum Gasteiger partial charge on any atom is 0.263 e. The first kappa shape index (κ1) is 26.6. The fraction of sp³-hybridized carbons (Fsp3) is 0.308. The largest absolute Gasteiger partial charge is 0.355 e. The number of halogens is 3. The molecular formula is C26H26Cl2FN5O3. The summed E-state index contributed by atoms with van der Waals surface area (Å²) in [5.41, 5.74) is 1.66. The van der Waals surface area contributed by atoms with Gasteiger partial charge in [0, 0.05) is 30.3 Å². The minimum atomic E-state index is -0.744. The number of hydrogen-bond donors (Lipinski definition) is 2. The average Bonchev–Trinajstić information content (AvgIpc) is 2.85. The Bertz CT molecular complexity index is 1440. The van der Waals surface area contributed by atoms with Gasteiger partial charge in [-0.3, -0.25) is 14.4 Å². The highest BCUT2D eigenvalue weighted by atomic mass is 35.5. The van der Waals surface area contributed by atoms with Crippen molar-refractivity contribution in [3.8, 4) is 5.69 Å². The Morgan fingerprint density at radius 2 is 1.81 bits per heavy atom. The number of carbonyl (C=O) groups excluding carboxylic acids is 2. The van der Waals surface area contributed by atoms with Crippen molar-refractivity contribution >= 4 is 41.0 Å². The van der Waals surface area contributed by atoms with Crippen LogP contribution in [0.2, 0.25) is 10.0 Å². The van der Waals surface area contributed by atoms with Gasteiger partial charge >= 0.3 is 0 Å². The fourth-order valence-electron chi connectivity index (χ4n) is 4.27. The summed E-state index contributed by atoms with van der Waals surface area (Å²) in [5, 5.41) is 5.64. The van der Waals surface area contributed by atoms with Crippen molar-refractivity contribution in [1.82, 2.24) is 19.8 Å². The molecule has 2 heterocycles. The normalized spacial score (nSPS) is 14.9. The van der Waals surface area contributed by atoms with Gasteiger partial charge in [-0.2, -0.15) is 0 Å². The van der Waals surface area contributed by atoms with E-state index in [4.69, 9.17) is 28.2 Å². The molecule has 0 unspecified atom stereocenters. The Labute approximate surface area is 223 Å². The molecule has 1 aliphatic rings. The molecule has 0 bridgehead atoms. The van der Waals surface area contributed by atoms with Gasteiger partial charge in [0.15, 0.2) is 0 Å². The molecule has 1 aliphatic heterocycles. The van der Waals surface area contributed by atoms with E-state index in [9.17, 15) is 18.8 Å². The highest BCUT2D eigenvalue weighted by Crippen LogP contribution is 2.29. The van der Waals surface area contributed by atoms with Crippen LogP contribution < -0.4 is 16.2 Å². The fourth-order valence-corrected chi connectivity index (χ4v) is 4.74. The van der Waals surface area contributed by atoms with E-state index in [1.165, 1.54) is 15.5 Å². The second-order valence-corrected chi connectivity index (χ2v) is 9.97. The van der Waals surface area contributed by atoms with Gasteiger partial charge in [0.1, 0.15) is 5.82 Å². The first-order valence-corrected chi connectivity index (χ1v) is 12.5. The van der Waals surface area contributed by atoms with Crippen LogP contribution in [0.15, 0.2) is 41.2 Å². The smallest absolute Gasteiger partial charge is 0.263 e. The molecule has 0 saturated carbocycles. The minimum absolute atomic E-state index is 0.0102. The predicted octanol–water partition coefficient (Wildman–Crippen LogP) is 4.45. The summed E-state index contributed by atoms with van der Waals surface area (Å²) < 4.78 is 15.6. The molecule has 0 saturated heterocycles. The molecule has 0 aliphatic carbocycles. The highest BCUT2D eigenvalue weighted by Gasteiger charge is 2.33. The van der Waals surface area contributed by atoms with Gasteiger partial charge in [-0.05, 0) is 63.6 Å². The molecule has 2 amide bonds. The SMILES string of the molecule is CNC(=O)c1ccc(-n2c(NC(C)C)nc3c(c2=O)C[C@@H](C)N(C(=O)c2cc(F)c(Cl)cc2Cl)C3)cc1. The van der Waals surface area contributed by atoms with Crippen LogP contribution in [0.3, 0.4) is 0 Å². The molecule has 11 heteroatoms. The van der Waals surface area contributed by atoms with E-state index < -0.39 is 11.7 Å². The number of anilines is 1. The maximum absolute atomic E-state index is 14.1. The topological polar surface area (TPSA) is 96.3 Å². The molecule has 194 valence electrons. The predicted molar refractivity (Wildman–Crippen MR) is 141 cm³/mol. The van der Waals surface area contributed by atoms with E-state index in [2.05, 4.69) is 10.6 Å². The van der Waals surface area contributed by atoms with Gasteiger partial charge in [-0.25, -0.2) is 13.9 Å². The zero-order chi connectivity index (χ0) is 27.0. The zero-order valence-electron chi connectivity index (χ0n) is 20.7. The molecule has 1 atom stereocenters. The van der Waals surface area contributed by atoms with E-state index in [1.54, 1.807) is 31.3 Å². The third kappa shape index (κ3) is 5.19. The third-order valence-electron chi connectivity index (χ3n) is 6.15. The summed E-state index contributed by atoms with van der Waals surface area (Å²) in [5.74, 6) is -1.15. The molecule has 0 spiro atoms. The molecule has 1 aromatic heterocycles. The van der Waals surface area contributed by atoms with Crippen LogP contribution in [-0.4, -0.2) is 45.4 Å². The summed E-state index contributed by atoms with van der Waals surface area (Å²) in [7, 11) is 1.55. The molecule has 37 heavy (non-hydrogen) atoms. The standard InChI is InChI=1S/C26H26Cl2FN5O3/c1-13(2)31-26-32-22-12-33(24(36)17-10-21(29)20(28)11-19(17)27)14(3)9-18(22)25(37)34(26)16-7-5-15(6-8-16)23(35)30-4/h5-8,10-11,13-14H,9,12H2,1-4H3,(H,30,35)(H,31,32)/t14-/m1/s1. The average molecular weight is 546 g/mol. The van der Waals surface area contributed by atoms with Crippen LogP contribution in [0.5, 0.6) is 0 Å². The number of fused-ring (bicyclic) bond motifs is 1. The number of nitrogens with one attached hydrogen (secondary N) is 2. The van der Waals surface area contributed by atoms with Crippen LogP contribution in [0.25, 0.3) is 5.69 Å². The van der Waals surface area contributed by atoms with E-state index >= 15 is 0 Å². The number of benzene rings is 2. The monoisotopic (exact) mass is 545 g/mol. The summed E-state index contributed by atoms with van der Waals surface area (Å²) in [6.07, 6.45) is 0.249. The van der Waals surface area contributed by atoms with Gasteiger partial charge in [0.2, 0.25) is 5.95 Å². The second kappa shape index (κ2) is 10.5. The van der Waals surface area contributed by atoms with Gasteiger partial charge in [0.05, 0.1) is 33.5 Å². The number of amides is 2. The molecular weight excluding hydrogens is 520 g/mol. The maximum atomic E-state index is 14.1. The van der Waals surface area contributed by atoms with E-state index in [0.29, 0.717) is 28.5 Å². The van der Waals surface area contributed by atoms with Crippen LogP contribution >= 0.6 is 23.2 Å². The van der Waals surface area contributed by atoms with Crippen molar-refractivity contribution in [3.63, 3.8) is 0 Å². The summed E-state index contributed by atoms with van der Waals surface area (Å²) >= 11 is 12.0. The number of aromatic nitrogens is 2. The van der Waals surface area contributed by atoms with Gasteiger partial charge < -0.3 is 15.5 Å². The molecule has 2 aromatic carbocycles. The van der Waals surface area contributed by atoms with Crippen molar-refractivity contribution in [1.29, 1.82) is 0 Å². The van der Waals surface area contributed by atoms with Crippen LogP contribution in [-0.2, 0) is 13.0 Å². The lowest BCUT2D eigenvalue weighted by Gasteiger charge is -2.35. The molecule has 0 radical (unpaired) electrons. The van der Waals surface area contributed by atoms with Crippen molar-refractivity contribution < 1.29 is 14.0 Å². The number of hydrogen-bond acceptors (Lipinski definition) is 5. The first-order chi connectivity index (χ1) is 17.5. The van der Waals surface area contributed by atoms with Crippen molar-refractivity contribution in [3.05, 3.63) is 85.0 Å². The number of rotatable bonds is 5. The van der Waals surface area contributed by atoms with Gasteiger partial charge in [0.25, 0.3) is 17.4 Å². The Hall–Kier alpha value is -3.43. The van der Waals surface area contributed by atoms with E-state index in [-0.39, 0.29) is 52.1 Å². The first-order valence-electron chi connectivity index (χ1n) is 11.7. The van der Waals surface area contributed by atoms with Gasteiger partial charge in [-0.15, -0.1) is 0 Å². The second-order valence-electron chi connectivity index (χ2n) is 9.16. The van der Waals surface area contributed by atoms with E-state index in [0.717, 1.165) is 6.07 Å². The Morgan fingerprint density at radius 1 is 1.14 bits per heavy atom. The summed E-state index contributed by atoms with van der Waals surface area (Å²) in [6, 6.07) is 8.44. The van der Waals surface area contributed by atoms with Crippen LogP contribution in [0.1, 0.15) is 52.7 Å². The summed E-state index contributed by atoms with van der Waals surface area (Å²) in [4.78, 5) is 45.2. The lowest BCUT2D eigenvalue weighted by molar-refractivity contribution is 0.0652. The lowest BCUT2D eigenvalue weighted by Crippen LogP contribution is -2.46. The minimum Gasteiger partial charge on any atom is -0.355 e. The summed E-state index contributed by atoms with van der Waals surface area (Å²) in [6.45, 7) is 5.69. The number of carbonyl (C=O) groups is 2. The van der Waals surface area contributed by atoms with Crippen molar-refractivity contribution in [2.45, 2.75) is 45.8 Å². The zero-order valence-corrected chi connectivity index (χ0v) is 22.2. The lowest BCUT2D eigenvalue weighted by atomic mass is 9.98. The molecule has 0 fully saturated rings. The van der Waals surface area contributed by atoms with Crippen molar-refractivity contribution in [2.75, 3.05) is 12.4 Å². The third-order valence-corrected chi connectivity index (χ3v) is 6.75. The van der Waals surface area contributed by atoms with Crippen LogP contribution in [0.4, 0.5) is 10.3 Å². The van der Waals surface area contributed by atoms with Crippen molar-refractivity contribution in [2.24, 2.45) is 0 Å². The Balaban J connectivity index is 1.77. The van der Waals surface area contributed by atoms with Crippen LogP contribution in [0, 0.1) is 5.82 Å². The van der Waals surface area contributed by atoms with E-state index in [1.807, 2.05) is 20.8 Å². The molecule has 4 rings (SSSR count).